The lowest BCUT2D eigenvalue weighted by atomic mass is 9.95. The quantitative estimate of drug-likeness (QED) is 0.727. The topological polar surface area (TPSA) is 70.2 Å². The Labute approximate surface area is 82.9 Å². The molecule has 0 bridgehead atoms. The van der Waals surface area contributed by atoms with E-state index in [9.17, 15) is 13.5 Å². The average molecular weight is 215 g/mol. The van der Waals surface area contributed by atoms with Crippen molar-refractivity contribution in [1.82, 2.24) is 4.98 Å². The maximum atomic E-state index is 11.4. The summed E-state index contributed by atoms with van der Waals surface area (Å²) in [5.74, 6) is 0. The second-order valence-corrected chi connectivity index (χ2v) is 5.71. The van der Waals surface area contributed by atoms with Crippen LogP contribution in [0.3, 0.4) is 0 Å². The minimum atomic E-state index is -3.23. The van der Waals surface area contributed by atoms with Crippen molar-refractivity contribution >= 4 is 9.84 Å². The lowest BCUT2D eigenvalue weighted by Crippen LogP contribution is -2.11. The Hall–Kier alpha value is -0.810. The smallest absolute Gasteiger partial charge is 0.177 e. The molecule has 0 saturated heterocycles. The molecule has 2 N–H and O–H groups in total. The molecule has 1 unspecified atom stereocenters. The van der Waals surface area contributed by atoms with Gasteiger partial charge in [-0.05, 0) is 19.3 Å². The van der Waals surface area contributed by atoms with Gasteiger partial charge in [0.1, 0.15) is 0 Å². The third-order valence-corrected chi connectivity index (χ3v) is 3.74. The molecule has 1 aliphatic carbocycles. The van der Waals surface area contributed by atoms with Gasteiger partial charge < -0.3 is 10.1 Å². The number of sulfone groups is 1. The maximum absolute atomic E-state index is 11.4. The van der Waals surface area contributed by atoms with Crippen molar-refractivity contribution in [3.8, 4) is 0 Å². The van der Waals surface area contributed by atoms with Gasteiger partial charge in [-0.25, -0.2) is 8.42 Å². The molecular formula is C9H13NO3S. The SMILES string of the molecule is CS(=O)(=O)c1c[nH]c2c1C(O)CCC2. The maximum Gasteiger partial charge on any atom is 0.177 e. The lowest BCUT2D eigenvalue weighted by molar-refractivity contribution is 0.153. The summed E-state index contributed by atoms with van der Waals surface area (Å²) < 4.78 is 22.8. The fourth-order valence-electron chi connectivity index (χ4n) is 1.95. The van der Waals surface area contributed by atoms with Crippen molar-refractivity contribution in [2.24, 2.45) is 0 Å². The molecule has 0 aromatic carbocycles. The fourth-order valence-corrected chi connectivity index (χ4v) is 2.88. The number of nitrogens with one attached hydrogen (secondary N) is 1. The summed E-state index contributed by atoms with van der Waals surface area (Å²) in [5.41, 5.74) is 1.45. The van der Waals surface area contributed by atoms with E-state index in [0.717, 1.165) is 24.8 Å². The first-order chi connectivity index (χ1) is 6.50. The van der Waals surface area contributed by atoms with Crippen LogP contribution >= 0.6 is 0 Å². The van der Waals surface area contributed by atoms with Gasteiger partial charge in [0.2, 0.25) is 0 Å². The Bertz CT molecular complexity index is 447. The van der Waals surface area contributed by atoms with Gasteiger partial charge in [-0.1, -0.05) is 0 Å². The van der Waals surface area contributed by atoms with Crippen LogP contribution in [0.4, 0.5) is 0 Å². The van der Waals surface area contributed by atoms with E-state index in [-0.39, 0.29) is 4.90 Å². The lowest BCUT2D eigenvalue weighted by Gasteiger charge is -2.18. The van der Waals surface area contributed by atoms with Gasteiger partial charge >= 0.3 is 0 Å². The van der Waals surface area contributed by atoms with Crippen molar-refractivity contribution in [1.29, 1.82) is 0 Å². The highest BCUT2D eigenvalue weighted by molar-refractivity contribution is 7.90. The van der Waals surface area contributed by atoms with Crippen molar-refractivity contribution in [3.05, 3.63) is 17.5 Å². The van der Waals surface area contributed by atoms with E-state index in [1.165, 1.54) is 6.20 Å². The monoisotopic (exact) mass is 215 g/mol. The van der Waals surface area contributed by atoms with E-state index in [1.807, 2.05) is 0 Å². The highest BCUT2D eigenvalue weighted by atomic mass is 32.2. The Morgan fingerprint density at radius 2 is 2.29 bits per heavy atom. The number of aliphatic hydroxyl groups excluding tert-OH is 1. The molecule has 78 valence electrons. The Morgan fingerprint density at radius 1 is 1.57 bits per heavy atom. The predicted octanol–water partition coefficient (Wildman–Crippen LogP) is 0.788. The van der Waals surface area contributed by atoms with Crippen LogP contribution in [0, 0.1) is 0 Å². The number of aromatic amines is 1. The molecule has 5 heteroatoms. The van der Waals surface area contributed by atoms with Crippen LogP contribution in [0.5, 0.6) is 0 Å². The molecule has 4 nitrogen and oxygen atoms in total. The summed E-state index contributed by atoms with van der Waals surface area (Å²) in [4.78, 5) is 3.17. The largest absolute Gasteiger partial charge is 0.388 e. The first-order valence-corrected chi connectivity index (χ1v) is 6.47. The van der Waals surface area contributed by atoms with Crippen molar-refractivity contribution in [2.75, 3.05) is 6.26 Å². The van der Waals surface area contributed by atoms with Crippen LogP contribution in [0.25, 0.3) is 0 Å². The summed E-state index contributed by atoms with van der Waals surface area (Å²) >= 11 is 0. The number of aryl methyl sites for hydroxylation is 1. The van der Waals surface area contributed by atoms with Crippen LogP contribution in [0.1, 0.15) is 30.2 Å². The number of hydrogen-bond donors (Lipinski definition) is 2. The third-order valence-electron chi connectivity index (χ3n) is 2.61. The molecule has 0 saturated carbocycles. The molecule has 0 aliphatic heterocycles. The Balaban J connectivity index is 2.60. The Morgan fingerprint density at radius 3 is 2.93 bits per heavy atom. The zero-order valence-corrected chi connectivity index (χ0v) is 8.76. The van der Waals surface area contributed by atoms with Crippen molar-refractivity contribution in [3.63, 3.8) is 0 Å². The number of rotatable bonds is 1. The van der Waals surface area contributed by atoms with Crippen LogP contribution in [0.15, 0.2) is 11.1 Å². The molecule has 1 atom stereocenters. The number of aliphatic hydroxyl groups is 1. The number of fused-ring (bicyclic) bond motifs is 1. The normalized spacial score (nSPS) is 22.0. The van der Waals surface area contributed by atoms with Crippen LogP contribution in [0.2, 0.25) is 0 Å². The Kier molecular flexibility index (Phi) is 2.16. The summed E-state index contributed by atoms with van der Waals surface area (Å²) in [6, 6.07) is 0. The van der Waals surface area contributed by atoms with Gasteiger partial charge in [0.05, 0.1) is 11.0 Å². The summed E-state index contributed by atoms with van der Waals surface area (Å²) in [6.45, 7) is 0. The molecule has 1 aromatic heterocycles. The molecule has 0 spiro atoms. The summed E-state index contributed by atoms with van der Waals surface area (Å²) in [5, 5.41) is 9.71. The fraction of sp³-hybridized carbons (Fsp3) is 0.556. The minimum Gasteiger partial charge on any atom is -0.388 e. The van der Waals surface area contributed by atoms with Crippen LogP contribution in [-0.4, -0.2) is 24.8 Å². The molecule has 2 rings (SSSR count). The van der Waals surface area contributed by atoms with Gasteiger partial charge in [-0.3, -0.25) is 0 Å². The van der Waals surface area contributed by atoms with Crippen molar-refractivity contribution in [2.45, 2.75) is 30.3 Å². The zero-order valence-electron chi connectivity index (χ0n) is 7.95. The average Bonchev–Trinajstić information content (AvgIpc) is 2.47. The molecule has 0 radical (unpaired) electrons. The number of hydrogen-bond acceptors (Lipinski definition) is 3. The second kappa shape index (κ2) is 3.10. The third kappa shape index (κ3) is 1.46. The number of aromatic nitrogens is 1. The van der Waals surface area contributed by atoms with Crippen molar-refractivity contribution < 1.29 is 13.5 Å². The standard InChI is InChI=1S/C9H13NO3S/c1-14(12,13)8-5-10-6-3-2-4-7(11)9(6)8/h5,7,10-11H,2-4H2,1H3. The van der Waals surface area contributed by atoms with E-state index >= 15 is 0 Å². The first kappa shape index (κ1) is 9.73. The predicted molar refractivity (Wildman–Crippen MR) is 51.8 cm³/mol. The second-order valence-electron chi connectivity index (χ2n) is 3.73. The van der Waals surface area contributed by atoms with Gasteiger partial charge in [-0.2, -0.15) is 0 Å². The molecule has 1 aliphatic rings. The highest BCUT2D eigenvalue weighted by Gasteiger charge is 2.27. The van der Waals surface area contributed by atoms with Gasteiger partial charge in [0, 0.05) is 23.7 Å². The first-order valence-electron chi connectivity index (χ1n) is 4.58. The molecule has 0 amide bonds. The number of H-pyrrole nitrogens is 1. The van der Waals surface area contributed by atoms with E-state index in [1.54, 1.807) is 0 Å². The van der Waals surface area contributed by atoms with Gasteiger partial charge in [-0.15, -0.1) is 0 Å². The van der Waals surface area contributed by atoms with E-state index in [2.05, 4.69) is 4.98 Å². The van der Waals surface area contributed by atoms with E-state index in [4.69, 9.17) is 0 Å². The van der Waals surface area contributed by atoms with Gasteiger partial charge in [0.15, 0.2) is 9.84 Å². The highest BCUT2D eigenvalue weighted by Crippen LogP contribution is 2.33. The summed E-state index contributed by atoms with van der Waals surface area (Å²) in [7, 11) is -3.23. The molecule has 0 fully saturated rings. The van der Waals surface area contributed by atoms with Crippen LogP contribution < -0.4 is 0 Å². The minimum absolute atomic E-state index is 0.250. The zero-order chi connectivity index (χ0) is 10.3. The molecular weight excluding hydrogens is 202 g/mol. The summed E-state index contributed by atoms with van der Waals surface area (Å²) in [6.07, 6.45) is 4.38. The molecule has 1 heterocycles. The van der Waals surface area contributed by atoms with E-state index in [0.29, 0.717) is 12.0 Å². The molecule has 14 heavy (non-hydrogen) atoms. The molecule has 1 aromatic rings. The van der Waals surface area contributed by atoms with Crippen LogP contribution in [-0.2, 0) is 16.3 Å². The van der Waals surface area contributed by atoms with Gasteiger partial charge in [0.25, 0.3) is 0 Å². The van der Waals surface area contributed by atoms with E-state index < -0.39 is 15.9 Å².